The van der Waals surface area contributed by atoms with Gasteiger partial charge in [-0.25, -0.2) is 0 Å². The van der Waals surface area contributed by atoms with Crippen molar-refractivity contribution >= 4 is 34.8 Å². The van der Waals surface area contributed by atoms with Crippen molar-refractivity contribution in [3.63, 3.8) is 0 Å². The van der Waals surface area contributed by atoms with Crippen molar-refractivity contribution in [2.24, 2.45) is 0 Å². The topological polar surface area (TPSA) is 58.2 Å². The van der Waals surface area contributed by atoms with Crippen LogP contribution in [-0.2, 0) is 17.4 Å². The standard InChI is InChI=1S/C22H16ClF3N2O2/c23-17-8-4-14(5-9-17)12-20(29)27-18-10-6-15(7-11-18)21(30)28-19-3-1-2-16(13-19)22(24,25)26/h1-11,13H,12H2,(H,27,29)(H,28,30). The molecule has 0 heterocycles. The maximum atomic E-state index is 12.8. The van der Waals surface area contributed by atoms with Crippen LogP contribution in [0.1, 0.15) is 21.5 Å². The molecule has 3 aromatic rings. The van der Waals surface area contributed by atoms with Crippen molar-refractivity contribution in [1.82, 2.24) is 0 Å². The van der Waals surface area contributed by atoms with Gasteiger partial charge in [0.25, 0.3) is 5.91 Å². The molecule has 3 rings (SSSR count). The summed E-state index contributed by atoms with van der Waals surface area (Å²) in [5.41, 5.74) is 0.718. The Labute approximate surface area is 175 Å². The largest absolute Gasteiger partial charge is 0.416 e. The average Bonchev–Trinajstić information content (AvgIpc) is 2.70. The van der Waals surface area contributed by atoms with E-state index in [1.54, 1.807) is 36.4 Å². The summed E-state index contributed by atoms with van der Waals surface area (Å²) in [5.74, 6) is -0.799. The number of carbonyl (C=O) groups excluding carboxylic acids is 2. The van der Waals surface area contributed by atoms with E-state index >= 15 is 0 Å². The molecule has 154 valence electrons. The van der Waals surface area contributed by atoms with E-state index in [4.69, 9.17) is 11.6 Å². The Bertz CT molecular complexity index is 1050. The molecule has 0 fully saturated rings. The SMILES string of the molecule is O=C(Cc1ccc(Cl)cc1)Nc1ccc(C(=O)Nc2cccc(C(F)(F)F)c2)cc1. The maximum Gasteiger partial charge on any atom is 0.416 e. The van der Waals surface area contributed by atoms with Gasteiger partial charge in [-0.05, 0) is 60.2 Å². The van der Waals surface area contributed by atoms with E-state index in [9.17, 15) is 22.8 Å². The summed E-state index contributed by atoms with van der Waals surface area (Å²) >= 11 is 5.81. The lowest BCUT2D eigenvalue weighted by Crippen LogP contribution is -2.15. The van der Waals surface area contributed by atoms with Crippen LogP contribution >= 0.6 is 11.6 Å². The zero-order chi connectivity index (χ0) is 21.7. The van der Waals surface area contributed by atoms with E-state index in [0.717, 1.165) is 17.7 Å². The van der Waals surface area contributed by atoms with Crippen LogP contribution in [0.25, 0.3) is 0 Å². The second kappa shape index (κ2) is 9.00. The predicted octanol–water partition coefficient (Wildman–Crippen LogP) is 5.79. The predicted molar refractivity (Wildman–Crippen MR) is 110 cm³/mol. The van der Waals surface area contributed by atoms with E-state index in [-0.39, 0.29) is 23.6 Å². The van der Waals surface area contributed by atoms with Gasteiger partial charge in [0.05, 0.1) is 12.0 Å². The number of halogens is 4. The number of benzene rings is 3. The summed E-state index contributed by atoms with van der Waals surface area (Å²) in [7, 11) is 0. The number of rotatable bonds is 5. The molecule has 0 aliphatic carbocycles. The third-order valence-electron chi connectivity index (χ3n) is 4.16. The van der Waals surface area contributed by atoms with E-state index in [1.807, 2.05) is 0 Å². The Morgan fingerprint density at radius 2 is 1.50 bits per heavy atom. The number of hydrogen-bond donors (Lipinski definition) is 2. The fourth-order valence-corrected chi connectivity index (χ4v) is 2.80. The highest BCUT2D eigenvalue weighted by molar-refractivity contribution is 6.30. The van der Waals surface area contributed by atoms with Gasteiger partial charge in [-0.1, -0.05) is 29.8 Å². The summed E-state index contributed by atoms with van der Waals surface area (Å²) < 4.78 is 38.3. The minimum absolute atomic E-state index is 0.0372. The molecule has 0 radical (unpaired) electrons. The molecule has 30 heavy (non-hydrogen) atoms. The van der Waals surface area contributed by atoms with Crippen LogP contribution in [0, 0.1) is 0 Å². The number of nitrogens with one attached hydrogen (secondary N) is 2. The summed E-state index contributed by atoms with van der Waals surface area (Å²) in [6, 6.07) is 17.3. The van der Waals surface area contributed by atoms with Crippen LogP contribution in [-0.4, -0.2) is 11.8 Å². The number of carbonyl (C=O) groups is 2. The van der Waals surface area contributed by atoms with Crippen molar-refractivity contribution in [3.8, 4) is 0 Å². The molecule has 0 aliphatic heterocycles. The van der Waals surface area contributed by atoms with Gasteiger partial charge in [-0.2, -0.15) is 13.2 Å². The van der Waals surface area contributed by atoms with Gasteiger partial charge in [0.2, 0.25) is 5.91 Å². The molecule has 0 saturated carbocycles. The Morgan fingerprint density at radius 3 is 2.13 bits per heavy atom. The van der Waals surface area contributed by atoms with Crippen LogP contribution in [0.3, 0.4) is 0 Å². The molecule has 3 aromatic carbocycles. The highest BCUT2D eigenvalue weighted by atomic mass is 35.5. The molecule has 0 atom stereocenters. The van der Waals surface area contributed by atoms with E-state index < -0.39 is 17.6 Å². The highest BCUT2D eigenvalue weighted by Gasteiger charge is 2.30. The molecule has 0 spiro atoms. The first-order valence-electron chi connectivity index (χ1n) is 8.84. The van der Waals surface area contributed by atoms with Gasteiger partial charge < -0.3 is 10.6 Å². The second-order valence-electron chi connectivity index (χ2n) is 6.46. The van der Waals surface area contributed by atoms with Crippen molar-refractivity contribution < 1.29 is 22.8 Å². The monoisotopic (exact) mass is 432 g/mol. The van der Waals surface area contributed by atoms with Gasteiger partial charge in [0.1, 0.15) is 0 Å². The molecule has 4 nitrogen and oxygen atoms in total. The van der Waals surface area contributed by atoms with Crippen molar-refractivity contribution in [1.29, 1.82) is 0 Å². The van der Waals surface area contributed by atoms with Crippen molar-refractivity contribution in [3.05, 3.63) is 94.5 Å². The number of alkyl halides is 3. The Kier molecular flexibility index (Phi) is 6.42. The number of amides is 2. The smallest absolute Gasteiger partial charge is 0.326 e. The molecule has 0 bridgehead atoms. The Hall–Kier alpha value is -3.32. The molecule has 2 N–H and O–H groups in total. The summed E-state index contributed by atoms with van der Waals surface area (Å²) in [5, 5.41) is 5.73. The van der Waals surface area contributed by atoms with Gasteiger partial charge in [-0.15, -0.1) is 0 Å². The molecular formula is C22H16ClF3N2O2. The van der Waals surface area contributed by atoms with E-state index in [2.05, 4.69) is 10.6 Å². The van der Waals surface area contributed by atoms with Gasteiger partial charge in [-0.3, -0.25) is 9.59 Å². The third kappa shape index (κ3) is 5.84. The van der Waals surface area contributed by atoms with Crippen molar-refractivity contribution in [2.75, 3.05) is 10.6 Å². The lowest BCUT2D eigenvalue weighted by atomic mass is 10.1. The zero-order valence-corrected chi connectivity index (χ0v) is 16.2. The average molecular weight is 433 g/mol. The highest BCUT2D eigenvalue weighted by Crippen LogP contribution is 2.30. The first-order chi connectivity index (χ1) is 14.2. The molecule has 2 amide bonds. The van der Waals surface area contributed by atoms with Gasteiger partial charge in [0.15, 0.2) is 0 Å². The first kappa shape index (κ1) is 21.4. The maximum absolute atomic E-state index is 12.8. The Morgan fingerprint density at radius 1 is 0.833 bits per heavy atom. The zero-order valence-electron chi connectivity index (χ0n) is 15.5. The molecule has 8 heteroatoms. The van der Waals surface area contributed by atoms with Crippen LogP contribution in [0.2, 0.25) is 5.02 Å². The molecular weight excluding hydrogens is 417 g/mol. The molecule has 0 saturated heterocycles. The van der Waals surface area contributed by atoms with Crippen LogP contribution in [0.4, 0.5) is 24.5 Å². The lowest BCUT2D eigenvalue weighted by molar-refractivity contribution is -0.137. The molecule has 0 aromatic heterocycles. The summed E-state index contributed by atoms with van der Waals surface area (Å²) in [6.07, 6.45) is -4.33. The van der Waals surface area contributed by atoms with Crippen molar-refractivity contribution in [2.45, 2.75) is 12.6 Å². The molecule has 0 aliphatic rings. The summed E-state index contributed by atoms with van der Waals surface area (Å²) in [6.45, 7) is 0. The normalized spacial score (nSPS) is 11.1. The fraction of sp³-hybridized carbons (Fsp3) is 0.0909. The van der Waals surface area contributed by atoms with E-state index in [1.165, 1.54) is 24.3 Å². The number of hydrogen-bond acceptors (Lipinski definition) is 2. The van der Waals surface area contributed by atoms with Gasteiger partial charge >= 0.3 is 6.18 Å². The first-order valence-corrected chi connectivity index (χ1v) is 9.21. The minimum Gasteiger partial charge on any atom is -0.326 e. The third-order valence-corrected chi connectivity index (χ3v) is 4.41. The molecule has 0 unspecified atom stereocenters. The minimum atomic E-state index is -4.49. The quantitative estimate of drug-likeness (QED) is 0.536. The van der Waals surface area contributed by atoms with Crippen LogP contribution in [0.15, 0.2) is 72.8 Å². The van der Waals surface area contributed by atoms with Gasteiger partial charge in [0, 0.05) is 22.0 Å². The lowest BCUT2D eigenvalue weighted by Gasteiger charge is -2.10. The fourth-order valence-electron chi connectivity index (χ4n) is 2.67. The second-order valence-corrected chi connectivity index (χ2v) is 6.90. The van der Waals surface area contributed by atoms with Crippen LogP contribution < -0.4 is 10.6 Å². The summed E-state index contributed by atoms with van der Waals surface area (Å²) in [4.78, 5) is 24.4. The Balaban J connectivity index is 1.60. The van der Waals surface area contributed by atoms with E-state index in [0.29, 0.717) is 10.7 Å². The van der Waals surface area contributed by atoms with Crippen LogP contribution in [0.5, 0.6) is 0 Å². The number of anilines is 2.